The lowest BCUT2D eigenvalue weighted by Crippen LogP contribution is -2.40. The third-order valence-corrected chi connectivity index (χ3v) is 3.39. The average Bonchev–Trinajstić information content (AvgIpc) is 2.61. The molecule has 0 aromatic carbocycles. The van der Waals surface area contributed by atoms with Crippen molar-refractivity contribution in [3.8, 4) is 0 Å². The van der Waals surface area contributed by atoms with Crippen LogP contribution in [0.25, 0.3) is 0 Å². The van der Waals surface area contributed by atoms with Gasteiger partial charge in [0.25, 0.3) is 0 Å². The van der Waals surface area contributed by atoms with E-state index in [1.54, 1.807) is 0 Å². The minimum Gasteiger partial charge on any atom is -0.378 e. The Morgan fingerprint density at radius 2 is 2.27 bits per heavy atom. The summed E-state index contributed by atoms with van der Waals surface area (Å²) in [6.07, 6.45) is 1.65. The van der Waals surface area contributed by atoms with Crippen molar-refractivity contribution in [3.05, 3.63) is 0 Å². The van der Waals surface area contributed by atoms with Crippen molar-refractivity contribution in [2.24, 2.45) is 5.92 Å². The highest BCUT2D eigenvalue weighted by Crippen LogP contribution is 2.19. The fourth-order valence-electron chi connectivity index (χ4n) is 2.06. The molecule has 1 rings (SSSR count). The minimum atomic E-state index is 0.439. The van der Waals surface area contributed by atoms with Gasteiger partial charge in [0.1, 0.15) is 0 Å². The molecule has 15 heavy (non-hydrogen) atoms. The van der Waals surface area contributed by atoms with Crippen molar-refractivity contribution in [2.45, 2.75) is 39.3 Å². The van der Waals surface area contributed by atoms with Gasteiger partial charge in [-0.2, -0.15) is 0 Å². The van der Waals surface area contributed by atoms with Gasteiger partial charge in [0.2, 0.25) is 0 Å². The third-order valence-electron chi connectivity index (χ3n) is 3.39. The normalized spacial score (nSPS) is 28.6. The number of rotatable bonds is 6. The van der Waals surface area contributed by atoms with Crippen molar-refractivity contribution in [3.63, 3.8) is 0 Å². The molecular weight excluding hydrogens is 188 g/mol. The van der Waals surface area contributed by atoms with Gasteiger partial charge in [0.05, 0.1) is 6.10 Å². The van der Waals surface area contributed by atoms with Crippen molar-refractivity contribution < 1.29 is 4.74 Å². The molecule has 90 valence electrons. The van der Waals surface area contributed by atoms with Gasteiger partial charge in [-0.05, 0) is 39.8 Å². The van der Waals surface area contributed by atoms with E-state index in [0.717, 1.165) is 26.2 Å². The summed E-state index contributed by atoms with van der Waals surface area (Å²) in [6, 6.07) is 0.572. The largest absolute Gasteiger partial charge is 0.378 e. The molecule has 3 unspecified atom stereocenters. The monoisotopic (exact) mass is 214 g/mol. The second kappa shape index (κ2) is 6.46. The van der Waals surface area contributed by atoms with Crippen molar-refractivity contribution in [1.82, 2.24) is 10.2 Å². The Hall–Kier alpha value is -0.120. The zero-order valence-electron chi connectivity index (χ0n) is 10.6. The Bertz CT molecular complexity index is 175. The zero-order valence-corrected chi connectivity index (χ0v) is 10.6. The Kier molecular flexibility index (Phi) is 5.58. The van der Waals surface area contributed by atoms with E-state index < -0.39 is 0 Å². The highest BCUT2D eigenvalue weighted by Gasteiger charge is 2.24. The van der Waals surface area contributed by atoms with Crippen LogP contribution in [0.15, 0.2) is 0 Å². The van der Waals surface area contributed by atoms with Crippen LogP contribution in [0.4, 0.5) is 0 Å². The molecule has 1 heterocycles. The first-order valence-corrected chi connectivity index (χ1v) is 6.17. The first-order chi connectivity index (χ1) is 7.13. The van der Waals surface area contributed by atoms with Crippen LogP contribution in [0.3, 0.4) is 0 Å². The van der Waals surface area contributed by atoms with Gasteiger partial charge in [-0.3, -0.25) is 0 Å². The quantitative estimate of drug-likeness (QED) is 0.722. The molecule has 0 saturated carbocycles. The molecule has 0 spiro atoms. The maximum atomic E-state index is 5.55. The van der Waals surface area contributed by atoms with Crippen LogP contribution in [0.1, 0.15) is 27.2 Å². The van der Waals surface area contributed by atoms with Crippen LogP contribution >= 0.6 is 0 Å². The number of nitrogens with one attached hydrogen (secondary N) is 1. The van der Waals surface area contributed by atoms with Crippen LogP contribution in [-0.4, -0.2) is 50.3 Å². The number of hydrogen-bond donors (Lipinski definition) is 1. The molecule has 0 aromatic rings. The highest BCUT2D eigenvalue weighted by atomic mass is 16.5. The topological polar surface area (TPSA) is 24.5 Å². The van der Waals surface area contributed by atoms with Gasteiger partial charge in [0, 0.05) is 25.7 Å². The van der Waals surface area contributed by atoms with Crippen LogP contribution < -0.4 is 5.32 Å². The van der Waals surface area contributed by atoms with E-state index in [1.807, 2.05) is 0 Å². The second-order valence-corrected chi connectivity index (χ2v) is 4.79. The lowest BCUT2D eigenvalue weighted by Gasteiger charge is -2.23. The molecule has 0 bridgehead atoms. The number of ether oxygens (including phenoxy) is 1. The Morgan fingerprint density at radius 3 is 2.80 bits per heavy atom. The smallest absolute Gasteiger partial charge is 0.0588 e. The van der Waals surface area contributed by atoms with Gasteiger partial charge < -0.3 is 15.0 Å². The maximum Gasteiger partial charge on any atom is 0.0588 e. The molecule has 3 heteroatoms. The first kappa shape index (κ1) is 12.9. The lowest BCUT2D eigenvalue weighted by atomic mass is 10.0. The predicted octanol–water partition coefficient (Wildman–Crippen LogP) is 1.34. The molecule has 0 aromatic heterocycles. The van der Waals surface area contributed by atoms with Crippen LogP contribution in [0.2, 0.25) is 0 Å². The molecule has 3 nitrogen and oxygen atoms in total. The fourth-order valence-corrected chi connectivity index (χ4v) is 2.06. The van der Waals surface area contributed by atoms with Crippen molar-refractivity contribution in [2.75, 3.05) is 33.3 Å². The van der Waals surface area contributed by atoms with E-state index in [0.29, 0.717) is 18.1 Å². The summed E-state index contributed by atoms with van der Waals surface area (Å²) in [5.74, 6) is 0.708. The Morgan fingerprint density at radius 1 is 1.53 bits per heavy atom. The first-order valence-electron chi connectivity index (χ1n) is 6.17. The van der Waals surface area contributed by atoms with Gasteiger partial charge >= 0.3 is 0 Å². The van der Waals surface area contributed by atoms with Gasteiger partial charge in [-0.25, -0.2) is 0 Å². The summed E-state index contributed by atoms with van der Waals surface area (Å²) in [7, 11) is 2.17. The summed E-state index contributed by atoms with van der Waals surface area (Å²) in [5, 5.41) is 3.60. The molecule has 1 aliphatic rings. The predicted molar refractivity (Wildman–Crippen MR) is 64.2 cm³/mol. The average molecular weight is 214 g/mol. The summed E-state index contributed by atoms with van der Waals surface area (Å²) < 4.78 is 5.55. The third kappa shape index (κ3) is 4.49. The van der Waals surface area contributed by atoms with E-state index >= 15 is 0 Å². The summed E-state index contributed by atoms with van der Waals surface area (Å²) in [6.45, 7) is 10.9. The van der Waals surface area contributed by atoms with E-state index in [9.17, 15) is 0 Å². The van der Waals surface area contributed by atoms with Gasteiger partial charge in [0.15, 0.2) is 0 Å². The molecule has 1 aliphatic heterocycles. The van der Waals surface area contributed by atoms with E-state index in [1.165, 1.54) is 6.42 Å². The van der Waals surface area contributed by atoms with Crippen LogP contribution in [-0.2, 0) is 4.74 Å². The SMILES string of the molecule is CCN(C)CC(C)NCC1CCOC1C. The standard InChI is InChI=1S/C12H26N2O/c1-5-14(4)9-10(2)13-8-12-6-7-15-11(12)3/h10-13H,5-9H2,1-4H3. The number of hydrogen-bond acceptors (Lipinski definition) is 3. The molecule has 0 amide bonds. The number of nitrogens with zero attached hydrogens (tertiary/aromatic N) is 1. The molecule has 1 N–H and O–H groups in total. The maximum absolute atomic E-state index is 5.55. The van der Waals surface area contributed by atoms with Gasteiger partial charge in [-0.15, -0.1) is 0 Å². The van der Waals surface area contributed by atoms with Crippen molar-refractivity contribution in [1.29, 1.82) is 0 Å². The molecule has 0 aliphatic carbocycles. The molecule has 1 fully saturated rings. The Labute approximate surface area is 94.2 Å². The van der Waals surface area contributed by atoms with Gasteiger partial charge in [-0.1, -0.05) is 6.92 Å². The molecular formula is C12H26N2O. The molecule has 3 atom stereocenters. The summed E-state index contributed by atoms with van der Waals surface area (Å²) in [4.78, 5) is 2.34. The minimum absolute atomic E-state index is 0.439. The van der Waals surface area contributed by atoms with Crippen LogP contribution in [0.5, 0.6) is 0 Å². The number of likely N-dealkylation sites (N-methyl/N-ethyl adjacent to an activating group) is 1. The summed E-state index contributed by atoms with van der Waals surface area (Å²) >= 11 is 0. The second-order valence-electron chi connectivity index (χ2n) is 4.79. The van der Waals surface area contributed by atoms with E-state index in [4.69, 9.17) is 4.74 Å². The lowest BCUT2D eigenvalue weighted by molar-refractivity contribution is 0.104. The van der Waals surface area contributed by atoms with Crippen molar-refractivity contribution >= 4 is 0 Å². The van der Waals surface area contributed by atoms with Crippen LogP contribution in [0, 0.1) is 5.92 Å². The summed E-state index contributed by atoms with van der Waals surface area (Å²) in [5.41, 5.74) is 0. The van der Waals surface area contributed by atoms with E-state index in [-0.39, 0.29) is 0 Å². The highest BCUT2D eigenvalue weighted by molar-refractivity contribution is 4.76. The zero-order chi connectivity index (χ0) is 11.3. The molecule has 0 radical (unpaired) electrons. The Balaban J connectivity index is 2.13. The van der Waals surface area contributed by atoms with E-state index in [2.05, 4.69) is 38.0 Å². The molecule has 1 saturated heterocycles. The fraction of sp³-hybridized carbons (Fsp3) is 1.00.